The van der Waals surface area contributed by atoms with Gasteiger partial charge in [-0.2, -0.15) is 0 Å². The van der Waals surface area contributed by atoms with Crippen molar-refractivity contribution in [2.75, 3.05) is 0 Å². The molecule has 2 heteroatoms. The van der Waals surface area contributed by atoms with Crippen LogP contribution >= 0.6 is 0 Å². The second-order valence-electron chi connectivity index (χ2n) is 7.24. The molecule has 4 aromatic carbocycles. The summed E-state index contributed by atoms with van der Waals surface area (Å²) in [6.07, 6.45) is 0. The zero-order valence-electron chi connectivity index (χ0n) is 15.7. The molecule has 2 nitrogen and oxygen atoms in total. The van der Waals surface area contributed by atoms with Crippen LogP contribution in [0, 0.1) is 0 Å². The predicted octanol–water partition coefficient (Wildman–Crippen LogP) is 6.18. The minimum atomic E-state index is -0.764. The van der Waals surface area contributed by atoms with E-state index in [1.807, 2.05) is 97.1 Å². The van der Waals surface area contributed by atoms with Gasteiger partial charge in [0.05, 0.1) is 0 Å². The van der Waals surface area contributed by atoms with E-state index < -0.39 is 5.92 Å². The van der Waals surface area contributed by atoms with E-state index >= 15 is 0 Å². The first kappa shape index (κ1) is 17.3. The van der Waals surface area contributed by atoms with Crippen molar-refractivity contribution in [3.05, 3.63) is 120 Å². The van der Waals surface area contributed by atoms with Gasteiger partial charge in [-0.1, -0.05) is 103 Å². The second kappa shape index (κ2) is 6.99. The molecule has 0 radical (unpaired) electrons. The molecule has 5 rings (SSSR count). The fourth-order valence-corrected chi connectivity index (χ4v) is 4.10. The molecule has 1 aliphatic carbocycles. The molecule has 0 bridgehead atoms. The maximum atomic E-state index is 13.3. The molecular weight excluding hydrogens is 356 g/mol. The Morgan fingerprint density at radius 1 is 0.448 bits per heavy atom. The summed E-state index contributed by atoms with van der Waals surface area (Å²) in [7, 11) is 0. The molecule has 138 valence electrons. The third-order valence-corrected chi connectivity index (χ3v) is 5.54. The van der Waals surface area contributed by atoms with Gasteiger partial charge in [0.25, 0.3) is 0 Å². The van der Waals surface area contributed by atoms with Crippen molar-refractivity contribution in [2.24, 2.45) is 0 Å². The topological polar surface area (TPSA) is 34.1 Å². The van der Waals surface area contributed by atoms with Crippen LogP contribution in [0.25, 0.3) is 22.3 Å². The zero-order chi connectivity index (χ0) is 19.8. The highest BCUT2D eigenvalue weighted by Gasteiger charge is 2.41. The van der Waals surface area contributed by atoms with Crippen molar-refractivity contribution in [3.8, 4) is 22.3 Å². The first-order valence-corrected chi connectivity index (χ1v) is 9.66. The summed E-state index contributed by atoms with van der Waals surface area (Å²) in [6, 6.07) is 33.1. The number of fused-ring (bicyclic) bond motifs is 1. The molecule has 0 saturated carbocycles. The fraction of sp³-hybridized carbons (Fsp3) is 0.0370. The van der Waals surface area contributed by atoms with E-state index in [0.717, 1.165) is 27.8 Å². The van der Waals surface area contributed by atoms with Crippen molar-refractivity contribution in [2.45, 2.75) is 5.92 Å². The lowest BCUT2D eigenvalue weighted by atomic mass is 9.91. The fourth-order valence-electron chi connectivity index (χ4n) is 4.10. The maximum absolute atomic E-state index is 13.3. The lowest BCUT2D eigenvalue weighted by molar-refractivity contribution is 0.0890. The smallest absolute Gasteiger partial charge is 0.179 e. The Morgan fingerprint density at radius 3 is 1.66 bits per heavy atom. The molecule has 0 aliphatic heterocycles. The van der Waals surface area contributed by atoms with Gasteiger partial charge in [0, 0.05) is 11.1 Å². The maximum Gasteiger partial charge on any atom is 0.179 e. The van der Waals surface area contributed by atoms with Crippen molar-refractivity contribution in [1.82, 2.24) is 0 Å². The molecular formula is C27H18O2. The Hall–Kier alpha value is -3.78. The Bertz CT molecular complexity index is 1210. The van der Waals surface area contributed by atoms with Crippen LogP contribution in [0.2, 0.25) is 0 Å². The number of carbonyl (C=O) groups excluding carboxylic acids is 2. The highest BCUT2D eigenvalue weighted by atomic mass is 16.2. The first-order valence-electron chi connectivity index (χ1n) is 9.66. The van der Waals surface area contributed by atoms with Crippen LogP contribution in [0.1, 0.15) is 32.2 Å². The molecule has 0 amide bonds. The molecule has 4 aromatic rings. The van der Waals surface area contributed by atoms with Crippen LogP contribution < -0.4 is 0 Å². The van der Waals surface area contributed by atoms with Crippen molar-refractivity contribution in [3.63, 3.8) is 0 Å². The second-order valence-corrected chi connectivity index (χ2v) is 7.24. The minimum Gasteiger partial charge on any atom is -0.293 e. The minimum absolute atomic E-state index is 0.114. The summed E-state index contributed by atoms with van der Waals surface area (Å²) in [4.78, 5) is 26.5. The van der Waals surface area contributed by atoms with Gasteiger partial charge in [0.2, 0.25) is 0 Å². The summed E-state index contributed by atoms with van der Waals surface area (Å²) in [5, 5.41) is 0. The Kier molecular flexibility index (Phi) is 4.18. The van der Waals surface area contributed by atoms with E-state index in [0.29, 0.717) is 11.1 Å². The van der Waals surface area contributed by atoms with Gasteiger partial charge in [-0.25, -0.2) is 0 Å². The zero-order valence-corrected chi connectivity index (χ0v) is 15.7. The van der Waals surface area contributed by atoms with Crippen LogP contribution in [-0.4, -0.2) is 11.6 Å². The largest absolute Gasteiger partial charge is 0.293 e. The third kappa shape index (κ3) is 2.90. The predicted molar refractivity (Wildman–Crippen MR) is 115 cm³/mol. The Labute approximate surface area is 169 Å². The van der Waals surface area contributed by atoms with Gasteiger partial charge in [0.15, 0.2) is 11.6 Å². The van der Waals surface area contributed by atoms with Gasteiger partial charge in [-0.15, -0.1) is 0 Å². The van der Waals surface area contributed by atoms with E-state index in [4.69, 9.17) is 0 Å². The molecule has 1 unspecified atom stereocenters. The first-order chi connectivity index (χ1) is 14.2. The van der Waals surface area contributed by atoms with Crippen molar-refractivity contribution in [1.29, 1.82) is 0 Å². The van der Waals surface area contributed by atoms with Gasteiger partial charge < -0.3 is 0 Å². The molecule has 0 fully saturated rings. The van der Waals surface area contributed by atoms with Gasteiger partial charge in [-0.3, -0.25) is 9.59 Å². The summed E-state index contributed by atoms with van der Waals surface area (Å²) >= 11 is 0. The quantitative estimate of drug-likeness (QED) is 0.401. The average Bonchev–Trinajstić information content (AvgIpc) is 3.05. The van der Waals surface area contributed by atoms with E-state index in [9.17, 15) is 9.59 Å². The molecule has 29 heavy (non-hydrogen) atoms. The lowest BCUT2D eigenvalue weighted by Crippen LogP contribution is -2.12. The number of rotatable bonds is 3. The lowest BCUT2D eigenvalue weighted by Gasteiger charge is -2.10. The monoisotopic (exact) mass is 374 g/mol. The number of Topliss-reactive ketones (excluding diaryl/α,β-unsaturated/α-hetero) is 2. The van der Waals surface area contributed by atoms with Crippen LogP contribution in [0.15, 0.2) is 103 Å². The molecule has 1 aliphatic rings. The highest BCUT2D eigenvalue weighted by Crippen LogP contribution is 2.39. The van der Waals surface area contributed by atoms with E-state index in [1.165, 1.54) is 0 Å². The highest BCUT2D eigenvalue weighted by molar-refractivity contribution is 6.31. The SMILES string of the molecule is O=C1c2cccc(-c3ccccc3)c2C(=O)C1c1ccc(-c2ccccc2)cc1. The summed E-state index contributed by atoms with van der Waals surface area (Å²) < 4.78 is 0. The molecule has 0 N–H and O–H groups in total. The number of benzene rings is 4. The Morgan fingerprint density at radius 2 is 1.00 bits per heavy atom. The number of hydrogen-bond donors (Lipinski definition) is 0. The van der Waals surface area contributed by atoms with Gasteiger partial charge in [-0.05, 0) is 27.8 Å². The number of hydrogen-bond acceptors (Lipinski definition) is 2. The standard InChI is InChI=1S/C27H18O2/c28-26-23-13-7-12-22(20-10-5-2-6-11-20)25(23)27(29)24(26)21-16-14-19(15-17-21)18-8-3-1-4-9-18/h1-17,24H. The normalized spacial score (nSPS) is 15.4. The molecule has 0 aromatic heterocycles. The summed E-state index contributed by atoms with van der Waals surface area (Å²) in [5.74, 6) is -0.994. The van der Waals surface area contributed by atoms with E-state index in [-0.39, 0.29) is 11.6 Å². The molecule has 0 heterocycles. The Balaban J connectivity index is 1.54. The molecule has 1 atom stereocenters. The third-order valence-electron chi connectivity index (χ3n) is 5.54. The van der Waals surface area contributed by atoms with E-state index in [1.54, 1.807) is 6.07 Å². The molecule has 0 spiro atoms. The van der Waals surface area contributed by atoms with Crippen LogP contribution in [0.5, 0.6) is 0 Å². The number of carbonyl (C=O) groups is 2. The van der Waals surface area contributed by atoms with Crippen molar-refractivity contribution >= 4 is 11.6 Å². The molecule has 0 saturated heterocycles. The van der Waals surface area contributed by atoms with Crippen molar-refractivity contribution < 1.29 is 9.59 Å². The van der Waals surface area contributed by atoms with Gasteiger partial charge in [0.1, 0.15) is 5.92 Å². The van der Waals surface area contributed by atoms with E-state index in [2.05, 4.69) is 0 Å². The average molecular weight is 374 g/mol. The van der Waals surface area contributed by atoms with Crippen LogP contribution in [-0.2, 0) is 0 Å². The summed E-state index contributed by atoms with van der Waals surface area (Å²) in [5.41, 5.74) is 5.76. The van der Waals surface area contributed by atoms with Crippen LogP contribution in [0.3, 0.4) is 0 Å². The number of ketones is 2. The van der Waals surface area contributed by atoms with Gasteiger partial charge >= 0.3 is 0 Å². The summed E-state index contributed by atoms with van der Waals surface area (Å²) in [6.45, 7) is 0. The van der Waals surface area contributed by atoms with Crippen LogP contribution in [0.4, 0.5) is 0 Å².